The third kappa shape index (κ3) is 2.86. The van der Waals surface area contributed by atoms with Crippen LogP contribution in [0, 0.1) is 6.92 Å². The van der Waals surface area contributed by atoms with Crippen LogP contribution in [0.5, 0.6) is 5.75 Å². The van der Waals surface area contributed by atoms with Crippen LogP contribution in [0.2, 0.25) is 5.02 Å². The Kier molecular flexibility index (Phi) is 4.15. The fourth-order valence-electron chi connectivity index (χ4n) is 1.81. The number of halogens is 1. The molecule has 2 rings (SSSR count). The predicted octanol–water partition coefficient (Wildman–Crippen LogP) is 3.49. The third-order valence-electron chi connectivity index (χ3n) is 2.93. The van der Waals surface area contributed by atoms with E-state index >= 15 is 0 Å². The van der Waals surface area contributed by atoms with E-state index in [0.717, 1.165) is 5.56 Å². The van der Waals surface area contributed by atoms with Crippen LogP contribution in [0.4, 0.5) is 11.4 Å². The number of rotatable bonds is 3. The van der Waals surface area contributed by atoms with Gasteiger partial charge < -0.3 is 15.8 Å². The number of nitrogens with two attached hydrogens (primary N) is 1. The van der Waals surface area contributed by atoms with Crippen LogP contribution >= 0.6 is 11.6 Å². The molecule has 3 N–H and O–H groups in total. The standard InChI is InChI=1S/C15H15ClN2O2/c1-9-4-3-5-12(14(9)16)18-15(19)10-6-7-13(20-2)11(17)8-10/h3-8H,17H2,1-2H3,(H,18,19). The van der Waals surface area contributed by atoms with Gasteiger partial charge in [-0.3, -0.25) is 4.79 Å². The SMILES string of the molecule is COc1ccc(C(=O)Nc2cccc(C)c2Cl)cc1N. The van der Waals surface area contributed by atoms with Gasteiger partial charge in [0.15, 0.2) is 0 Å². The predicted molar refractivity (Wildman–Crippen MR) is 81.5 cm³/mol. The molecule has 0 aliphatic rings. The summed E-state index contributed by atoms with van der Waals surface area (Å²) in [5.74, 6) is 0.266. The molecule has 2 aromatic rings. The molecule has 0 unspecified atom stereocenters. The van der Waals surface area contributed by atoms with Gasteiger partial charge >= 0.3 is 0 Å². The Bertz CT molecular complexity index is 656. The fourth-order valence-corrected chi connectivity index (χ4v) is 1.99. The number of ether oxygens (including phenoxy) is 1. The van der Waals surface area contributed by atoms with Crippen molar-refractivity contribution in [3.05, 3.63) is 52.5 Å². The molecule has 20 heavy (non-hydrogen) atoms. The van der Waals surface area contributed by atoms with Crippen LogP contribution in [0.3, 0.4) is 0 Å². The summed E-state index contributed by atoms with van der Waals surface area (Å²) in [6, 6.07) is 10.3. The molecular formula is C15H15ClN2O2. The number of methoxy groups -OCH3 is 1. The Morgan fingerprint density at radius 3 is 2.70 bits per heavy atom. The van der Waals surface area contributed by atoms with Crippen LogP contribution in [0.25, 0.3) is 0 Å². The van der Waals surface area contributed by atoms with E-state index in [1.807, 2.05) is 19.1 Å². The van der Waals surface area contributed by atoms with Crippen molar-refractivity contribution in [2.24, 2.45) is 0 Å². The van der Waals surface area contributed by atoms with Gasteiger partial charge in [0.1, 0.15) is 5.75 Å². The van der Waals surface area contributed by atoms with Crippen LogP contribution in [0.1, 0.15) is 15.9 Å². The molecule has 0 heterocycles. The Morgan fingerprint density at radius 1 is 1.30 bits per heavy atom. The summed E-state index contributed by atoms with van der Waals surface area (Å²) < 4.78 is 5.06. The van der Waals surface area contributed by atoms with Gasteiger partial charge in [0.05, 0.1) is 23.5 Å². The van der Waals surface area contributed by atoms with Crippen molar-refractivity contribution in [2.45, 2.75) is 6.92 Å². The lowest BCUT2D eigenvalue weighted by Gasteiger charge is -2.10. The Balaban J connectivity index is 2.24. The van der Waals surface area contributed by atoms with E-state index in [9.17, 15) is 4.79 Å². The average molecular weight is 291 g/mol. The minimum absolute atomic E-state index is 0.271. The molecule has 4 nitrogen and oxygen atoms in total. The molecular weight excluding hydrogens is 276 g/mol. The third-order valence-corrected chi connectivity index (χ3v) is 3.43. The van der Waals surface area contributed by atoms with Crippen molar-refractivity contribution in [1.82, 2.24) is 0 Å². The average Bonchev–Trinajstić information content (AvgIpc) is 2.43. The number of hydrogen-bond acceptors (Lipinski definition) is 3. The summed E-state index contributed by atoms with van der Waals surface area (Å²) in [4.78, 5) is 12.2. The topological polar surface area (TPSA) is 64.3 Å². The number of amides is 1. The first-order valence-electron chi connectivity index (χ1n) is 6.03. The minimum atomic E-state index is -0.271. The highest BCUT2D eigenvalue weighted by Gasteiger charge is 2.11. The highest BCUT2D eigenvalue weighted by atomic mass is 35.5. The summed E-state index contributed by atoms with van der Waals surface area (Å²) in [7, 11) is 1.53. The summed E-state index contributed by atoms with van der Waals surface area (Å²) in [6.07, 6.45) is 0. The second kappa shape index (κ2) is 5.84. The molecule has 5 heteroatoms. The number of anilines is 2. The molecule has 0 fully saturated rings. The van der Waals surface area contributed by atoms with E-state index in [1.54, 1.807) is 24.3 Å². The van der Waals surface area contributed by atoms with Crippen molar-refractivity contribution in [2.75, 3.05) is 18.2 Å². The van der Waals surface area contributed by atoms with E-state index < -0.39 is 0 Å². The van der Waals surface area contributed by atoms with Crippen molar-refractivity contribution in [3.8, 4) is 5.75 Å². The largest absolute Gasteiger partial charge is 0.495 e. The monoisotopic (exact) mass is 290 g/mol. The van der Waals surface area contributed by atoms with Crippen LogP contribution in [0.15, 0.2) is 36.4 Å². The number of nitrogen functional groups attached to an aromatic ring is 1. The van der Waals surface area contributed by atoms with Crippen LogP contribution in [-0.4, -0.2) is 13.0 Å². The molecule has 0 atom stereocenters. The highest BCUT2D eigenvalue weighted by Crippen LogP contribution is 2.26. The lowest BCUT2D eigenvalue weighted by atomic mass is 10.1. The maximum absolute atomic E-state index is 12.2. The van der Waals surface area contributed by atoms with Gasteiger partial charge in [0, 0.05) is 5.56 Å². The fraction of sp³-hybridized carbons (Fsp3) is 0.133. The second-order valence-electron chi connectivity index (χ2n) is 4.35. The van der Waals surface area contributed by atoms with Crippen LogP contribution < -0.4 is 15.8 Å². The Hall–Kier alpha value is -2.20. The van der Waals surface area contributed by atoms with Crippen molar-refractivity contribution in [1.29, 1.82) is 0 Å². The first kappa shape index (κ1) is 14.2. The Morgan fingerprint density at radius 2 is 2.05 bits per heavy atom. The smallest absolute Gasteiger partial charge is 0.255 e. The molecule has 1 amide bonds. The quantitative estimate of drug-likeness (QED) is 0.851. The molecule has 0 bridgehead atoms. The van der Waals surface area contributed by atoms with Crippen molar-refractivity contribution in [3.63, 3.8) is 0 Å². The normalized spacial score (nSPS) is 10.2. The van der Waals surface area contributed by atoms with Crippen LogP contribution in [-0.2, 0) is 0 Å². The van der Waals surface area contributed by atoms with Crippen molar-refractivity contribution >= 4 is 28.9 Å². The van der Waals surface area contributed by atoms with Crippen molar-refractivity contribution < 1.29 is 9.53 Å². The molecule has 0 aliphatic carbocycles. The van der Waals surface area contributed by atoms with E-state index in [0.29, 0.717) is 27.7 Å². The molecule has 0 spiro atoms. The zero-order valence-electron chi connectivity index (χ0n) is 11.2. The van der Waals surface area contributed by atoms with Gasteiger partial charge in [-0.2, -0.15) is 0 Å². The zero-order chi connectivity index (χ0) is 14.7. The first-order chi connectivity index (χ1) is 9.52. The highest BCUT2D eigenvalue weighted by molar-refractivity contribution is 6.34. The van der Waals surface area contributed by atoms with Gasteiger partial charge in [-0.25, -0.2) is 0 Å². The first-order valence-corrected chi connectivity index (χ1v) is 6.40. The van der Waals surface area contributed by atoms with Gasteiger partial charge in [-0.15, -0.1) is 0 Å². The summed E-state index contributed by atoms with van der Waals surface area (Å²) in [6.45, 7) is 1.88. The molecule has 0 aromatic heterocycles. The maximum atomic E-state index is 12.2. The maximum Gasteiger partial charge on any atom is 0.255 e. The number of benzene rings is 2. The second-order valence-corrected chi connectivity index (χ2v) is 4.73. The summed E-state index contributed by atoms with van der Waals surface area (Å²) >= 11 is 6.14. The molecule has 0 saturated heterocycles. The number of nitrogens with one attached hydrogen (secondary N) is 1. The summed E-state index contributed by atoms with van der Waals surface area (Å²) in [5, 5.41) is 3.29. The summed E-state index contributed by atoms with van der Waals surface area (Å²) in [5.41, 5.74) is 8.12. The molecule has 0 radical (unpaired) electrons. The zero-order valence-corrected chi connectivity index (χ0v) is 12.0. The molecule has 0 saturated carbocycles. The number of hydrogen-bond donors (Lipinski definition) is 2. The van der Waals surface area contributed by atoms with E-state index in [2.05, 4.69) is 5.32 Å². The minimum Gasteiger partial charge on any atom is -0.495 e. The van der Waals surface area contributed by atoms with Gasteiger partial charge in [0.2, 0.25) is 0 Å². The Labute approximate surface area is 122 Å². The van der Waals surface area contributed by atoms with E-state index in [1.165, 1.54) is 7.11 Å². The molecule has 0 aliphatic heterocycles. The lowest BCUT2D eigenvalue weighted by molar-refractivity contribution is 0.102. The molecule has 104 valence electrons. The molecule has 2 aromatic carbocycles. The lowest BCUT2D eigenvalue weighted by Crippen LogP contribution is -2.13. The number of aryl methyl sites for hydroxylation is 1. The van der Waals surface area contributed by atoms with Gasteiger partial charge in [-0.1, -0.05) is 23.7 Å². The van der Waals surface area contributed by atoms with E-state index in [4.69, 9.17) is 22.1 Å². The van der Waals surface area contributed by atoms with Gasteiger partial charge in [-0.05, 0) is 36.8 Å². The van der Waals surface area contributed by atoms with E-state index in [-0.39, 0.29) is 5.91 Å². The van der Waals surface area contributed by atoms with Gasteiger partial charge in [0.25, 0.3) is 5.91 Å². The number of carbonyl (C=O) groups excluding carboxylic acids is 1. The number of carbonyl (C=O) groups is 1.